The van der Waals surface area contributed by atoms with Crippen molar-refractivity contribution in [3.63, 3.8) is 0 Å². The first kappa shape index (κ1) is 16.3. The van der Waals surface area contributed by atoms with E-state index in [4.69, 9.17) is 0 Å². The van der Waals surface area contributed by atoms with E-state index in [1.54, 1.807) is 0 Å². The van der Waals surface area contributed by atoms with Gasteiger partial charge in [0, 0.05) is 36.4 Å². The van der Waals surface area contributed by atoms with E-state index in [0.29, 0.717) is 0 Å². The summed E-state index contributed by atoms with van der Waals surface area (Å²) in [6, 6.07) is 0. The largest absolute Gasteiger partial charge is 0.512 e. The van der Waals surface area contributed by atoms with E-state index in [2.05, 4.69) is 0 Å². The van der Waals surface area contributed by atoms with Crippen molar-refractivity contribution in [1.29, 1.82) is 0 Å². The van der Waals surface area contributed by atoms with Crippen LogP contribution in [0.5, 0.6) is 0 Å². The summed E-state index contributed by atoms with van der Waals surface area (Å²) in [6.07, 6.45) is 1.33. The minimum atomic E-state index is -0.417. The molecule has 0 rings (SSSR count). The van der Waals surface area contributed by atoms with Crippen LogP contribution in [0.4, 0.5) is 0 Å². The number of aliphatic hydroxyl groups is 1. The normalized spacial score (nSPS) is 13.4. The van der Waals surface area contributed by atoms with Crippen molar-refractivity contribution in [2.45, 2.75) is 41.5 Å². The van der Waals surface area contributed by atoms with Crippen LogP contribution >= 0.6 is 0 Å². The van der Waals surface area contributed by atoms with E-state index >= 15 is 0 Å². The van der Waals surface area contributed by atoms with Crippen molar-refractivity contribution in [1.82, 2.24) is 0 Å². The number of carbonyl (C=O) groups excluding carboxylic acids is 1. The molecule has 0 aromatic carbocycles. The Kier molecular flexibility index (Phi) is 5.89. The number of allylic oxidation sites excluding steroid dienone is 2. The molecule has 14 heavy (non-hydrogen) atoms. The van der Waals surface area contributed by atoms with Crippen LogP contribution in [0.3, 0.4) is 0 Å². The van der Waals surface area contributed by atoms with Crippen molar-refractivity contribution in [3.8, 4) is 0 Å². The molecule has 0 aliphatic heterocycles. The summed E-state index contributed by atoms with van der Waals surface area (Å²) >= 11 is 0. The summed E-state index contributed by atoms with van der Waals surface area (Å²) in [5.74, 6) is 0.104. The maximum atomic E-state index is 11.5. The number of hydrogen-bond donors (Lipinski definition) is 1. The van der Waals surface area contributed by atoms with Gasteiger partial charge >= 0.3 is 0 Å². The van der Waals surface area contributed by atoms with Crippen LogP contribution in [0.15, 0.2) is 11.8 Å². The van der Waals surface area contributed by atoms with Gasteiger partial charge in [0.2, 0.25) is 0 Å². The Morgan fingerprint density at radius 1 is 1.00 bits per heavy atom. The molecule has 0 amide bonds. The molecule has 0 aliphatic rings. The van der Waals surface area contributed by atoms with Crippen LogP contribution in [-0.4, -0.2) is 10.9 Å². The predicted octanol–water partition coefficient (Wildman–Crippen LogP) is 3.09. The molecule has 0 spiro atoms. The van der Waals surface area contributed by atoms with Crippen molar-refractivity contribution >= 4 is 5.78 Å². The topological polar surface area (TPSA) is 37.3 Å². The van der Waals surface area contributed by atoms with E-state index < -0.39 is 5.41 Å². The molecule has 0 saturated carbocycles. The third kappa shape index (κ3) is 5.54. The number of carbonyl (C=O) groups is 1. The van der Waals surface area contributed by atoms with Crippen molar-refractivity contribution in [3.05, 3.63) is 11.8 Å². The summed E-state index contributed by atoms with van der Waals surface area (Å²) in [4.78, 5) is 11.5. The zero-order valence-electron chi connectivity index (χ0n) is 9.79. The quantitative estimate of drug-likeness (QED) is 0.457. The molecule has 0 fully saturated rings. The second-order valence-corrected chi connectivity index (χ2v) is 5.39. The van der Waals surface area contributed by atoms with Gasteiger partial charge in [-0.1, -0.05) is 41.5 Å². The van der Waals surface area contributed by atoms with E-state index in [-0.39, 0.29) is 36.4 Å². The van der Waals surface area contributed by atoms with Gasteiger partial charge in [0.15, 0.2) is 5.78 Å². The second kappa shape index (κ2) is 5.07. The van der Waals surface area contributed by atoms with Gasteiger partial charge in [0.05, 0.1) is 0 Å². The van der Waals surface area contributed by atoms with Crippen molar-refractivity contribution in [2.24, 2.45) is 10.8 Å². The first-order valence-electron chi connectivity index (χ1n) is 4.51. The Balaban J connectivity index is 0. The van der Waals surface area contributed by atoms with Gasteiger partial charge in [-0.2, -0.15) is 0 Å². The molecule has 3 heteroatoms. The van der Waals surface area contributed by atoms with Crippen molar-refractivity contribution in [2.75, 3.05) is 0 Å². The molecule has 0 atom stereocenters. The molecule has 0 radical (unpaired) electrons. The van der Waals surface area contributed by atoms with Crippen LogP contribution in [0.25, 0.3) is 0 Å². The molecule has 0 saturated heterocycles. The molecule has 1 N–H and O–H groups in total. The molecule has 0 aromatic heterocycles. The summed E-state index contributed by atoms with van der Waals surface area (Å²) in [5.41, 5.74) is -0.764. The van der Waals surface area contributed by atoms with Gasteiger partial charge in [0.25, 0.3) is 0 Å². The SMILES string of the molecule is CC(C)(C)C(=O)C=C(O)C(C)(C)C.[Ru]. The van der Waals surface area contributed by atoms with E-state index in [9.17, 15) is 9.90 Å². The molecular formula is C11H20O2Ru. The fraction of sp³-hybridized carbons (Fsp3) is 0.727. The smallest absolute Gasteiger partial charge is 0.164 e. The van der Waals surface area contributed by atoms with Gasteiger partial charge in [-0.3, -0.25) is 4.79 Å². The molecule has 0 aliphatic carbocycles. The monoisotopic (exact) mass is 286 g/mol. The minimum Gasteiger partial charge on any atom is -0.512 e. The second-order valence-electron chi connectivity index (χ2n) is 5.39. The Morgan fingerprint density at radius 3 is 1.57 bits per heavy atom. The third-order valence-corrected chi connectivity index (χ3v) is 1.78. The Morgan fingerprint density at radius 2 is 1.36 bits per heavy atom. The van der Waals surface area contributed by atoms with Crippen LogP contribution in [0, 0.1) is 10.8 Å². The molecular weight excluding hydrogens is 265 g/mol. The fourth-order valence-electron chi connectivity index (χ4n) is 0.557. The number of ketones is 1. The average molecular weight is 285 g/mol. The Bertz CT molecular complexity index is 229. The Labute approximate surface area is 99.5 Å². The first-order chi connectivity index (χ1) is 5.55. The third-order valence-electron chi connectivity index (χ3n) is 1.78. The predicted molar refractivity (Wildman–Crippen MR) is 54.6 cm³/mol. The van der Waals surface area contributed by atoms with E-state index in [1.807, 2.05) is 41.5 Å². The van der Waals surface area contributed by atoms with Gasteiger partial charge in [-0.15, -0.1) is 0 Å². The maximum Gasteiger partial charge on any atom is 0.164 e. The molecule has 2 nitrogen and oxygen atoms in total. The zero-order valence-corrected chi connectivity index (χ0v) is 11.5. The molecule has 0 aromatic rings. The van der Waals surface area contributed by atoms with Crippen LogP contribution in [-0.2, 0) is 24.3 Å². The number of rotatable bonds is 1. The maximum absolute atomic E-state index is 11.5. The van der Waals surface area contributed by atoms with Gasteiger partial charge in [-0.25, -0.2) is 0 Å². The molecule has 0 heterocycles. The number of aliphatic hydroxyl groups excluding tert-OH is 1. The van der Waals surface area contributed by atoms with E-state index in [1.165, 1.54) is 6.08 Å². The molecule has 0 bridgehead atoms. The fourth-order valence-corrected chi connectivity index (χ4v) is 0.557. The Hall–Kier alpha value is -0.167. The van der Waals surface area contributed by atoms with Gasteiger partial charge in [-0.05, 0) is 0 Å². The van der Waals surface area contributed by atoms with Crippen molar-refractivity contribution < 1.29 is 29.4 Å². The van der Waals surface area contributed by atoms with E-state index in [0.717, 1.165) is 0 Å². The van der Waals surface area contributed by atoms with Crippen LogP contribution < -0.4 is 0 Å². The first-order valence-corrected chi connectivity index (χ1v) is 4.51. The summed E-state index contributed by atoms with van der Waals surface area (Å²) in [7, 11) is 0. The van der Waals surface area contributed by atoms with Crippen LogP contribution in [0.1, 0.15) is 41.5 Å². The summed E-state index contributed by atoms with van der Waals surface area (Å²) in [6.45, 7) is 11.1. The number of hydrogen-bond acceptors (Lipinski definition) is 2. The molecule has 0 unspecified atom stereocenters. The standard InChI is InChI=1S/C11H20O2.Ru/c1-10(2,3)8(12)7-9(13)11(4,5)6;/h7,12H,1-6H3;. The molecule has 84 valence electrons. The minimum absolute atomic E-state index is 0. The summed E-state index contributed by atoms with van der Waals surface area (Å²) in [5, 5.41) is 9.56. The van der Waals surface area contributed by atoms with Gasteiger partial charge < -0.3 is 5.11 Å². The average Bonchev–Trinajstić information content (AvgIpc) is 1.82. The summed E-state index contributed by atoms with van der Waals surface area (Å²) < 4.78 is 0. The van der Waals surface area contributed by atoms with Crippen LogP contribution in [0.2, 0.25) is 0 Å². The van der Waals surface area contributed by atoms with Gasteiger partial charge in [0.1, 0.15) is 5.76 Å². The zero-order chi connectivity index (χ0) is 10.9.